The monoisotopic (exact) mass is 535 g/mol. The Morgan fingerprint density at radius 1 is 1.19 bits per heavy atom. The number of likely N-dealkylation sites (tertiary alicyclic amines) is 1. The third-order valence-electron chi connectivity index (χ3n) is 7.26. The topological polar surface area (TPSA) is 92.0 Å². The quantitative estimate of drug-likeness (QED) is 0.289. The van der Waals surface area contributed by atoms with E-state index in [2.05, 4.69) is 26.6 Å². The smallest absolute Gasteiger partial charge is 0.327 e. The summed E-state index contributed by atoms with van der Waals surface area (Å²) in [7, 11) is 1.43. The number of piperidine rings is 1. The van der Waals surface area contributed by atoms with Crippen LogP contribution in [0.15, 0.2) is 36.5 Å². The summed E-state index contributed by atoms with van der Waals surface area (Å²) < 4.78 is 5.13. The first-order chi connectivity index (χ1) is 17.3. The van der Waals surface area contributed by atoms with Crippen molar-refractivity contribution in [3.05, 3.63) is 62.3 Å². The van der Waals surface area contributed by atoms with Crippen LogP contribution in [0.25, 0.3) is 0 Å². The summed E-state index contributed by atoms with van der Waals surface area (Å²) in [5, 5.41) is 12.0. The molecule has 0 bridgehead atoms. The fourth-order valence-electron chi connectivity index (χ4n) is 5.39. The molecule has 0 amide bonds. The minimum Gasteiger partial charge on any atom is -0.468 e. The van der Waals surface area contributed by atoms with Gasteiger partial charge in [0.25, 0.3) is 5.69 Å². The molecular weight excluding hydrogens is 505 g/mol. The van der Waals surface area contributed by atoms with Gasteiger partial charge < -0.3 is 9.64 Å². The molecule has 2 aromatic rings. The lowest BCUT2D eigenvalue weighted by atomic mass is 9.95. The van der Waals surface area contributed by atoms with E-state index in [1.54, 1.807) is 12.1 Å². The number of carbonyl (C=O) groups is 1. The average Bonchev–Trinajstić information content (AvgIpc) is 2.89. The van der Waals surface area contributed by atoms with Gasteiger partial charge in [-0.2, -0.15) is 0 Å². The van der Waals surface area contributed by atoms with E-state index in [4.69, 9.17) is 27.9 Å². The second-order valence-electron chi connectivity index (χ2n) is 9.25. The molecule has 0 radical (unpaired) electrons. The lowest BCUT2D eigenvalue weighted by Crippen LogP contribution is -2.58. The molecule has 1 aromatic heterocycles. The summed E-state index contributed by atoms with van der Waals surface area (Å²) in [5.74, 6) is 0.336. The van der Waals surface area contributed by atoms with Crippen molar-refractivity contribution in [1.29, 1.82) is 0 Å². The molecule has 9 nitrogen and oxygen atoms in total. The van der Waals surface area contributed by atoms with Crippen molar-refractivity contribution >= 4 is 40.7 Å². The van der Waals surface area contributed by atoms with Crippen LogP contribution in [0, 0.1) is 10.1 Å². The minimum atomic E-state index is -0.487. The molecule has 3 heterocycles. The standard InChI is InChI=1S/C25H31Cl2N5O4/c1-3-19-16-30(24-22(27)14-21(15-28-24)32(34)35)12-13-31(19)20-8-10-29(11-9-20)23(25(33)36-2)17-4-6-18(26)7-5-17/h4-7,14-15,19-20,23H,3,8-13,16H2,1-2H3. The molecular formula is C25H31Cl2N5O4. The number of piperazine rings is 1. The zero-order valence-corrected chi connectivity index (χ0v) is 22.0. The summed E-state index contributed by atoms with van der Waals surface area (Å²) in [6.07, 6.45) is 4.14. The Bertz CT molecular complexity index is 1080. The molecule has 2 fully saturated rings. The zero-order valence-electron chi connectivity index (χ0n) is 20.5. The number of hydrogen-bond donors (Lipinski definition) is 0. The molecule has 36 heavy (non-hydrogen) atoms. The van der Waals surface area contributed by atoms with E-state index >= 15 is 0 Å². The number of aromatic nitrogens is 1. The van der Waals surface area contributed by atoms with E-state index in [0.29, 0.717) is 27.9 Å². The molecule has 2 aliphatic rings. The van der Waals surface area contributed by atoms with Gasteiger partial charge in [-0.1, -0.05) is 42.3 Å². The van der Waals surface area contributed by atoms with Gasteiger partial charge in [0, 0.05) is 55.9 Å². The fourth-order valence-corrected chi connectivity index (χ4v) is 5.79. The van der Waals surface area contributed by atoms with E-state index in [9.17, 15) is 14.9 Å². The average molecular weight is 536 g/mol. The normalized spacial score (nSPS) is 20.8. The van der Waals surface area contributed by atoms with Gasteiger partial charge in [0.2, 0.25) is 0 Å². The van der Waals surface area contributed by atoms with E-state index < -0.39 is 11.0 Å². The maximum Gasteiger partial charge on any atom is 0.327 e. The van der Waals surface area contributed by atoms with Crippen molar-refractivity contribution in [2.45, 2.75) is 44.3 Å². The number of nitro groups is 1. The molecule has 0 aliphatic carbocycles. The lowest BCUT2D eigenvalue weighted by molar-refractivity contribution is -0.385. The van der Waals surface area contributed by atoms with E-state index in [0.717, 1.165) is 57.5 Å². The number of carbonyl (C=O) groups excluding carboxylic acids is 1. The van der Waals surface area contributed by atoms with Crippen LogP contribution in [-0.2, 0) is 9.53 Å². The summed E-state index contributed by atoms with van der Waals surface area (Å²) in [4.78, 5) is 34.4. The number of pyridine rings is 1. The Hall–Kier alpha value is -2.46. The van der Waals surface area contributed by atoms with Crippen molar-refractivity contribution in [1.82, 2.24) is 14.8 Å². The molecule has 4 rings (SSSR count). The maximum atomic E-state index is 12.7. The molecule has 0 spiro atoms. The predicted octanol–water partition coefficient (Wildman–Crippen LogP) is 4.58. The number of methoxy groups -OCH3 is 1. The van der Waals surface area contributed by atoms with Crippen molar-refractivity contribution in [2.75, 3.05) is 44.7 Å². The van der Waals surface area contributed by atoms with Gasteiger partial charge in [-0.15, -0.1) is 0 Å². The van der Waals surface area contributed by atoms with Crippen LogP contribution in [0.1, 0.15) is 37.8 Å². The first kappa shape index (κ1) is 26.6. The Morgan fingerprint density at radius 3 is 2.47 bits per heavy atom. The van der Waals surface area contributed by atoms with Crippen LogP contribution in [0.3, 0.4) is 0 Å². The minimum absolute atomic E-state index is 0.106. The highest BCUT2D eigenvalue weighted by Crippen LogP contribution is 2.33. The largest absolute Gasteiger partial charge is 0.468 e. The number of anilines is 1. The predicted molar refractivity (Wildman–Crippen MR) is 140 cm³/mol. The van der Waals surface area contributed by atoms with Crippen LogP contribution < -0.4 is 4.90 Å². The SMILES string of the molecule is CCC1CN(c2ncc([N+](=O)[O-])cc2Cl)CCN1C1CCN(C(C(=O)OC)c2ccc(Cl)cc2)CC1. The Labute approximate surface area is 221 Å². The third-order valence-corrected chi connectivity index (χ3v) is 7.79. The highest BCUT2D eigenvalue weighted by Gasteiger charge is 2.37. The maximum absolute atomic E-state index is 12.7. The Morgan fingerprint density at radius 2 is 1.89 bits per heavy atom. The molecule has 11 heteroatoms. The Balaban J connectivity index is 1.41. The van der Waals surface area contributed by atoms with Crippen molar-refractivity contribution in [3.63, 3.8) is 0 Å². The van der Waals surface area contributed by atoms with E-state index in [1.807, 2.05) is 12.1 Å². The highest BCUT2D eigenvalue weighted by atomic mass is 35.5. The van der Waals surface area contributed by atoms with Crippen LogP contribution in [0.2, 0.25) is 10.0 Å². The number of rotatable bonds is 7. The van der Waals surface area contributed by atoms with Crippen molar-refractivity contribution < 1.29 is 14.5 Å². The number of nitrogens with zero attached hydrogens (tertiary/aromatic N) is 5. The van der Waals surface area contributed by atoms with Crippen LogP contribution in [-0.4, -0.2) is 77.6 Å². The van der Waals surface area contributed by atoms with Crippen molar-refractivity contribution in [3.8, 4) is 0 Å². The second-order valence-corrected chi connectivity index (χ2v) is 10.1. The number of ether oxygens (including phenoxy) is 1. The summed E-state index contributed by atoms with van der Waals surface area (Å²) >= 11 is 12.4. The second kappa shape index (κ2) is 11.7. The summed E-state index contributed by atoms with van der Waals surface area (Å²) in [5.41, 5.74) is 0.780. The number of halogens is 2. The molecule has 0 N–H and O–H groups in total. The van der Waals surface area contributed by atoms with Crippen LogP contribution in [0.5, 0.6) is 0 Å². The van der Waals surface area contributed by atoms with Gasteiger partial charge in [0.05, 0.1) is 17.1 Å². The lowest BCUT2D eigenvalue weighted by Gasteiger charge is -2.48. The van der Waals surface area contributed by atoms with Gasteiger partial charge in [0.15, 0.2) is 0 Å². The van der Waals surface area contributed by atoms with Gasteiger partial charge >= 0.3 is 5.97 Å². The van der Waals surface area contributed by atoms with Gasteiger partial charge in [-0.25, -0.2) is 9.78 Å². The van der Waals surface area contributed by atoms with Crippen molar-refractivity contribution in [2.24, 2.45) is 0 Å². The van der Waals surface area contributed by atoms with Gasteiger partial charge in [-0.3, -0.25) is 19.9 Å². The van der Waals surface area contributed by atoms with E-state index in [-0.39, 0.29) is 11.7 Å². The fraction of sp³-hybridized carbons (Fsp3) is 0.520. The summed E-state index contributed by atoms with van der Waals surface area (Å²) in [6.45, 7) is 6.12. The number of hydrogen-bond acceptors (Lipinski definition) is 8. The van der Waals surface area contributed by atoms with E-state index in [1.165, 1.54) is 19.4 Å². The molecule has 2 saturated heterocycles. The summed E-state index contributed by atoms with van der Waals surface area (Å²) in [6, 6.07) is 9.04. The number of benzene rings is 1. The molecule has 2 unspecified atom stereocenters. The van der Waals surface area contributed by atoms with Crippen LogP contribution in [0.4, 0.5) is 11.5 Å². The first-order valence-corrected chi connectivity index (χ1v) is 13.0. The molecule has 2 atom stereocenters. The van der Waals surface area contributed by atoms with Crippen LogP contribution >= 0.6 is 23.2 Å². The molecule has 0 saturated carbocycles. The molecule has 2 aliphatic heterocycles. The third kappa shape index (κ3) is 5.75. The number of esters is 1. The molecule has 1 aromatic carbocycles. The highest BCUT2D eigenvalue weighted by molar-refractivity contribution is 6.33. The Kier molecular flexibility index (Phi) is 8.66. The van der Waals surface area contributed by atoms with Gasteiger partial charge in [0.1, 0.15) is 18.1 Å². The zero-order chi connectivity index (χ0) is 25.8. The molecule has 194 valence electrons. The van der Waals surface area contributed by atoms with Gasteiger partial charge in [-0.05, 0) is 37.0 Å². The first-order valence-electron chi connectivity index (χ1n) is 12.2.